The molecule has 0 aliphatic carbocycles. The molecule has 6 heteroatoms. The number of benzene rings is 1. The van der Waals surface area contributed by atoms with Crippen LogP contribution in [0.25, 0.3) is 0 Å². The number of amides is 1. The number of hydrogen-bond donors (Lipinski definition) is 3. The number of oxime groups is 1. The number of hydrogen-bond acceptors (Lipinski definition) is 4. The van der Waals surface area contributed by atoms with Crippen LogP contribution in [0.4, 0.5) is 0 Å². The molecular formula is C15H21N3O3. The zero-order valence-electron chi connectivity index (χ0n) is 12.1. The number of likely N-dealkylation sites (tertiary alicyclic amines) is 1. The molecule has 4 N–H and O–H groups in total. The van der Waals surface area contributed by atoms with Gasteiger partial charge in [0.1, 0.15) is 0 Å². The largest absolute Gasteiger partial charge is 0.409 e. The zero-order valence-corrected chi connectivity index (χ0v) is 12.1. The van der Waals surface area contributed by atoms with Crippen LogP contribution in [0.15, 0.2) is 29.4 Å². The van der Waals surface area contributed by atoms with E-state index < -0.39 is 5.60 Å². The highest BCUT2D eigenvalue weighted by molar-refractivity contribution is 6.01. The molecule has 2 rings (SSSR count). The van der Waals surface area contributed by atoms with Gasteiger partial charge in [0, 0.05) is 24.2 Å². The van der Waals surface area contributed by atoms with Crippen LogP contribution in [-0.4, -0.2) is 45.6 Å². The Hall–Kier alpha value is -2.08. The maximum absolute atomic E-state index is 12.5. The van der Waals surface area contributed by atoms with Crippen LogP contribution in [0.1, 0.15) is 42.1 Å². The number of aliphatic hydroxyl groups is 1. The van der Waals surface area contributed by atoms with Gasteiger partial charge in [0.25, 0.3) is 5.91 Å². The lowest BCUT2D eigenvalue weighted by Gasteiger charge is -2.22. The van der Waals surface area contributed by atoms with E-state index in [9.17, 15) is 9.90 Å². The summed E-state index contributed by atoms with van der Waals surface area (Å²) < 4.78 is 0. The summed E-state index contributed by atoms with van der Waals surface area (Å²) in [5.41, 5.74) is 5.85. The van der Waals surface area contributed by atoms with Gasteiger partial charge in [-0.25, -0.2) is 0 Å². The first-order valence-electron chi connectivity index (χ1n) is 7.02. The van der Waals surface area contributed by atoms with E-state index in [1.54, 1.807) is 36.1 Å². The maximum Gasteiger partial charge on any atom is 0.253 e. The summed E-state index contributed by atoms with van der Waals surface area (Å²) in [4.78, 5) is 14.3. The summed E-state index contributed by atoms with van der Waals surface area (Å²) in [6.45, 7) is 2.96. The van der Waals surface area contributed by atoms with Crippen molar-refractivity contribution in [3.8, 4) is 0 Å². The first-order valence-corrected chi connectivity index (χ1v) is 7.02. The molecule has 1 unspecified atom stereocenters. The summed E-state index contributed by atoms with van der Waals surface area (Å²) in [7, 11) is 0. The predicted octanol–water partition coefficient (Wildman–Crippen LogP) is 1.16. The molecule has 1 aromatic carbocycles. The Morgan fingerprint density at radius 2 is 2.05 bits per heavy atom. The molecule has 114 valence electrons. The van der Waals surface area contributed by atoms with Crippen LogP contribution >= 0.6 is 0 Å². The van der Waals surface area contributed by atoms with Gasteiger partial charge in [-0.15, -0.1) is 0 Å². The molecule has 1 aromatic rings. The third kappa shape index (κ3) is 3.72. The van der Waals surface area contributed by atoms with Gasteiger partial charge >= 0.3 is 0 Å². The lowest BCUT2D eigenvalue weighted by atomic mass is 9.98. The third-order valence-corrected chi connectivity index (χ3v) is 3.86. The second-order valence-electron chi connectivity index (χ2n) is 5.71. The zero-order chi connectivity index (χ0) is 15.5. The second kappa shape index (κ2) is 6.13. The number of carbonyl (C=O) groups excluding carboxylic acids is 1. The van der Waals surface area contributed by atoms with Gasteiger partial charge in [0.15, 0.2) is 5.84 Å². The van der Waals surface area contributed by atoms with Crippen LogP contribution in [0, 0.1) is 0 Å². The van der Waals surface area contributed by atoms with Gasteiger partial charge in [-0.05, 0) is 38.3 Å². The Balaban J connectivity index is 2.16. The van der Waals surface area contributed by atoms with E-state index in [-0.39, 0.29) is 11.7 Å². The number of rotatable bonds is 2. The molecule has 0 saturated carbocycles. The quantitative estimate of drug-likeness (QED) is 0.329. The Morgan fingerprint density at radius 3 is 2.76 bits per heavy atom. The SMILES string of the molecule is CC1(O)CCCN(C(=O)c2cccc(/C(N)=N/O)c2)CC1. The van der Waals surface area contributed by atoms with Crippen LogP contribution in [0.5, 0.6) is 0 Å². The maximum atomic E-state index is 12.5. The van der Waals surface area contributed by atoms with Crippen molar-refractivity contribution in [1.82, 2.24) is 4.90 Å². The highest BCUT2D eigenvalue weighted by atomic mass is 16.4. The van der Waals surface area contributed by atoms with Gasteiger partial charge in [-0.2, -0.15) is 0 Å². The number of nitrogens with zero attached hydrogens (tertiary/aromatic N) is 2. The molecule has 0 aromatic heterocycles. The van der Waals surface area contributed by atoms with Crippen molar-refractivity contribution in [3.63, 3.8) is 0 Å². The molecule has 1 aliphatic heterocycles. The molecule has 0 radical (unpaired) electrons. The van der Waals surface area contributed by atoms with Gasteiger partial charge in [-0.1, -0.05) is 17.3 Å². The van der Waals surface area contributed by atoms with Crippen molar-refractivity contribution in [2.75, 3.05) is 13.1 Å². The van der Waals surface area contributed by atoms with E-state index >= 15 is 0 Å². The van der Waals surface area contributed by atoms with Crippen molar-refractivity contribution >= 4 is 11.7 Å². The molecular weight excluding hydrogens is 270 g/mol. The normalized spacial score (nSPS) is 23.7. The Morgan fingerprint density at radius 1 is 1.33 bits per heavy atom. The molecule has 1 amide bonds. The fraction of sp³-hybridized carbons (Fsp3) is 0.467. The highest BCUT2D eigenvalue weighted by Crippen LogP contribution is 2.22. The molecule has 1 saturated heterocycles. The van der Waals surface area contributed by atoms with Crippen molar-refractivity contribution < 1.29 is 15.1 Å². The first-order chi connectivity index (χ1) is 9.93. The summed E-state index contributed by atoms with van der Waals surface area (Å²) in [6, 6.07) is 6.70. The average Bonchev–Trinajstić information content (AvgIpc) is 2.66. The Bertz CT molecular complexity index is 555. The van der Waals surface area contributed by atoms with Crippen LogP contribution < -0.4 is 5.73 Å². The smallest absolute Gasteiger partial charge is 0.253 e. The monoisotopic (exact) mass is 291 g/mol. The van der Waals surface area contributed by atoms with Crippen LogP contribution in [-0.2, 0) is 0 Å². The molecule has 6 nitrogen and oxygen atoms in total. The molecule has 1 heterocycles. The summed E-state index contributed by atoms with van der Waals surface area (Å²) >= 11 is 0. The minimum atomic E-state index is -0.704. The van der Waals surface area contributed by atoms with Gasteiger partial charge < -0.3 is 20.9 Å². The lowest BCUT2D eigenvalue weighted by molar-refractivity contribution is 0.0438. The third-order valence-electron chi connectivity index (χ3n) is 3.86. The Kier molecular flexibility index (Phi) is 4.47. The molecule has 21 heavy (non-hydrogen) atoms. The van der Waals surface area contributed by atoms with Crippen molar-refractivity contribution in [3.05, 3.63) is 35.4 Å². The van der Waals surface area contributed by atoms with E-state index in [2.05, 4.69) is 5.16 Å². The lowest BCUT2D eigenvalue weighted by Crippen LogP contribution is -2.33. The molecule has 0 bridgehead atoms. The van der Waals surface area contributed by atoms with Crippen molar-refractivity contribution in [1.29, 1.82) is 0 Å². The number of amidine groups is 1. The predicted molar refractivity (Wildman–Crippen MR) is 79.3 cm³/mol. The highest BCUT2D eigenvalue weighted by Gasteiger charge is 2.27. The minimum Gasteiger partial charge on any atom is -0.409 e. The summed E-state index contributed by atoms with van der Waals surface area (Å²) in [6.07, 6.45) is 2.04. The van der Waals surface area contributed by atoms with E-state index in [0.717, 1.165) is 6.42 Å². The topological polar surface area (TPSA) is 99.2 Å². The van der Waals surface area contributed by atoms with Crippen molar-refractivity contribution in [2.24, 2.45) is 10.9 Å². The summed E-state index contributed by atoms with van der Waals surface area (Å²) in [5.74, 6) is -0.122. The van der Waals surface area contributed by atoms with Gasteiger partial charge in [-0.3, -0.25) is 4.79 Å². The Labute approximate surface area is 123 Å². The van der Waals surface area contributed by atoms with E-state index in [1.165, 1.54) is 0 Å². The van der Waals surface area contributed by atoms with Gasteiger partial charge in [0.2, 0.25) is 0 Å². The summed E-state index contributed by atoms with van der Waals surface area (Å²) in [5, 5.41) is 21.7. The van der Waals surface area contributed by atoms with E-state index in [1.807, 2.05) is 0 Å². The standard InChI is InChI=1S/C15H21N3O3/c1-15(20)6-3-8-18(9-7-15)14(19)12-5-2-4-11(10-12)13(16)17-21/h2,4-5,10,20-21H,3,6-9H2,1H3,(H2,16,17). The van der Waals surface area contributed by atoms with Gasteiger partial charge in [0.05, 0.1) is 5.60 Å². The number of nitrogens with two attached hydrogens (primary N) is 1. The minimum absolute atomic E-state index is 0.0246. The molecule has 1 fully saturated rings. The molecule has 1 atom stereocenters. The van der Waals surface area contributed by atoms with Crippen molar-refractivity contribution in [2.45, 2.75) is 31.8 Å². The number of carbonyl (C=O) groups is 1. The first kappa shape index (κ1) is 15.3. The molecule has 0 spiro atoms. The van der Waals surface area contributed by atoms with E-state index in [4.69, 9.17) is 10.9 Å². The van der Waals surface area contributed by atoms with E-state index in [0.29, 0.717) is 37.1 Å². The fourth-order valence-electron chi connectivity index (χ4n) is 2.52. The fourth-order valence-corrected chi connectivity index (χ4v) is 2.52. The molecule has 1 aliphatic rings. The van der Waals surface area contributed by atoms with Crippen LogP contribution in [0.2, 0.25) is 0 Å². The average molecular weight is 291 g/mol. The van der Waals surface area contributed by atoms with Crippen LogP contribution in [0.3, 0.4) is 0 Å². The second-order valence-corrected chi connectivity index (χ2v) is 5.71.